The SMILES string of the molecule is C[C@@H](SC(=O)c1ccccc1)c1ccc(F)cc1. The summed E-state index contributed by atoms with van der Waals surface area (Å²) in [7, 11) is 0. The van der Waals surface area contributed by atoms with Crippen molar-refractivity contribution >= 4 is 16.9 Å². The van der Waals surface area contributed by atoms with Crippen molar-refractivity contribution in [1.82, 2.24) is 0 Å². The van der Waals surface area contributed by atoms with Crippen molar-refractivity contribution in [2.45, 2.75) is 12.2 Å². The molecule has 0 aromatic heterocycles. The molecule has 2 aromatic rings. The van der Waals surface area contributed by atoms with E-state index in [2.05, 4.69) is 0 Å². The van der Waals surface area contributed by atoms with Gasteiger partial charge in [0.05, 0.1) is 0 Å². The molecule has 0 radical (unpaired) electrons. The lowest BCUT2D eigenvalue weighted by Gasteiger charge is -2.10. The van der Waals surface area contributed by atoms with Gasteiger partial charge in [0.1, 0.15) is 5.82 Å². The Morgan fingerprint density at radius 1 is 1.06 bits per heavy atom. The van der Waals surface area contributed by atoms with Gasteiger partial charge in [-0.3, -0.25) is 4.79 Å². The van der Waals surface area contributed by atoms with Crippen LogP contribution in [0.25, 0.3) is 0 Å². The number of benzene rings is 2. The Hall–Kier alpha value is -1.61. The lowest BCUT2D eigenvalue weighted by Crippen LogP contribution is -1.97. The van der Waals surface area contributed by atoms with Crippen LogP contribution in [-0.2, 0) is 0 Å². The number of hydrogen-bond donors (Lipinski definition) is 0. The highest BCUT2D eigenvalue weighted by atomic mass is 32.2. The molecule has 0 saturated carbocycles. The molecule has 0 fully saturated rings. The van der Waals surface area contributed by atoms with Crippen LogP contribution in [0.15, 0.2) is 54.6 Å². The fourth-order valence-electron chi connectivity index (χ4n) is 1.60. The summed E-state index contributed by atoms with van der Waals surface area (Å²) in [6, 6.07) is 15.4. The summed E-state index contributed by atoms with van der Waals surface area (Å²) in [6.07, 6.45) is 0. The predicted molar refractivity (Wildman–Crippen MR) is 73.2 cm³/mol. The van der Waals surface area contributed by atoms with E-state index in [-0.39, 0.29) is 16.2 Å². The van der Waals surface area contributed by atoms with Gasteiger partial charge >= 0.3 is 0 Å². The normalized spacial score (nSPS) is 12.1. The van der Waals surface area contributed by atoms with E-state index in [4.69, 9.17) is 0 Å². The molecule has 0 spiro atoms. The minimum Gasteiger partial charge on any atom is -0.282 e. The summed E-state index contributed by atoms with van der Waals surface area (Å²) in [5, 5.41) is 0.0470. The third-order valence-electron chi connectivity index (χ3n) is 2.63. The van der Waals surface area contributed by atoms with Crippen molar-refractivity contribution in [1.29, 1.82) is 0 Å². The van der Waals surface area contributed by atoms with Crippen molar-refractivity contribution in [2.75, 3.05) is 0 Å². The van der Waals surface area contributed by atoms with Crippen molar-refractivity contribution in [3.05, 3.63) is 71.5 Å². The third-order valence-corrected chi connectivity index (χ3v) is 3.71. The molecule has 0 N–H and O–H groups in total. The van der Waals surface area contributed by atoms with Gasteiger partial charge in [0.25, 0.3) is 0 Å². The van der Waals surface area contributed by atoms with Crippen molar-refractivity contribution in [2.24, 2.45) is 0 Å². The van der Waals surface area contributed by atoms with E-state index in [9.17, 15) is 9.18 Å². The first-order valence-electron chi connectivity index (χ1n) is 5.68. The summed E-state index contributed by atoms with van der Waals surface area (Å²) in [6.45, 7) is 1.94. The topological polar surface area (TPSA) is 17.1 Å². The van der Waals surface area contributed by atoms with Gasteiger partial charge in [-0.15, -0.1) is 0 Å². The minimum absolute atomic E-state index is 0.0123. The predicted octanol–water partition coefficient (Wildman–Crippen LogP) is 4.46. The second-order valence-corrected chi connectivity index (χ2v) is 5.28. The molecular weight excluding hydrogens is 247 g/mol. The Kier molecular flexibility index (Phi) is 4.15. The van der Waals surface area contributed by atoms with Crippen LogP contribution in [0.4, 0.5) is 4.39 Å². The van der Waals surface area contributed by atoms with Crippen LogP contribution in [0.3, 0.4) is 0 Å². The van der Waals surface area contributed by atoms with Gasteiger partial charge in [0.2, 0.25) is 5.12 Å². The molecule has 0 unspecified atom stereocenters. The number of carbonyl (C=O) groups is 1. The highest BCUT2D eigenvalue weighted by Crippen LogP contribution is 2.30. The summed E-state index contributed by atoms with van der Waals surface area (Å²) in [4.78, 5) is 12.0. The Bertz CT molecular complexity index is 522. The lowest BCUT2D eigenvalue weighted by molar-refractivity contribution is 0.108. The van der Waals surface area contributed by atoms with Crippen molar-refractivity contribution in [3.63, 3.8) is 0 Å². The highest BCUT2D eigenvalue weighted by Gasteiger charge is 2.13. The lowest BCUT2D eigenvalue weighted by atomic mass is 10.2. The molecule has 1 atom stereocenters. The summed E-state index contributed by atoms with van der Waals surface area (Å²) in [5.74, 6) is -0.259. The van der Waals surface area contributed by atoms with E-state index < -0.39 is 0 Å². The monoisotopic (exact) mass is 260 g/mol. The largest absolute Gasteiger partial charge is 0.282 e. The first kappa shape index (κ1) is 12.8. The molecule has 92 valence electrons. The summed E-state index contributed by atoms with van der Waals surface area (Å²) >= 11 is 1.25. The Balaban J connectivity index is 2.06. The molecule has 0 bridgehead atoms. The molecule has 0 amide bonds. The second-order valence-electron chi connectivity index (χ2n) is 3.97. The molecule has 0 saturated heterocycles. The molecule has 18 heavy (non-hydrogen) atoms. The summed E-state index contributed by atoms with van der Waals surface area (Å²) < 4.78 is 12.8. The van der Waals surface area contributed by atoms with Crippen LogP contribution in [-0.4, -0.2) is 5.12 Å². The average molecular weight is 260 g/mol. The van der Waals surface area contributed by atoms with Gasteiger partial charge in [-0.2, -0.15) is 0 Å². The maximum atomic E-state index is 12.8. The van der Waals surface area contributed by atoms with Gasteiger partial charge in [-0.1, -0.05) is 54.2 Å². The van der Waals surface area contributed by atoms with Crippen LogP contribution in [0, 0.1) is 5.82 Å². The van der Waals surface area contributed by atoms with Gasteiger partial charge in [-0.05, 0) is 24.6 Å². The zero-order valence-corrected chi connectivity index (χ0v) is 10.8. The molecule has 0 aliphatic rings. The van der Waals surface area contributed by atoms with Crippen LogP contribution in [0.1, 0.15) is 28.1 Å². The maximum Gasteiger partial charge on any atom is 0.219 e. The number of hydrogen-bond acceptors (Lipinski definition) is 2. The smallest absolute Gasteiger partial charge is 0.219 e. The van der Waals surface area contributed by atoms with Crippen LogP contribution < -0.4 is 0 Å². The first-order chi connectivity index (χ1) is 8.66. The molecule has 0 aliphatic heterocycles. The minimum atomic E-state index is -0.259. The Labute approximate surface area is 110 Å². The van der Waals surface area contributed by atoms with Crippen LogP contribution in [0.5, 0.6) is 0 Å². The fraction of sp³-hybridized carbons (Fsp3) is 0.133. The second kappa shape index (κ2) is 5.83. The molecule has 3 heteroatoms. The van der Waals surface area contributed by atoms with E-state index in [1.807, 2.05) is 25.1 Å². The van der Waals surface area contributed by atoms with Gasteiger partial charge < -0.3 is 0 Å². The quantitative estimate of drug-likeness (QED) is 0.810. The molecule has 2 rings (SSSR count). The first-order valence-corrected chi connectivity index (χ1v) is 6.56. The summed E-state index contributed by atoms with van der Waals surface area (Å²) in [5.41, 5.74) is 1.64. The fourth-order valence-corrected chi connectivity index (χ4v) is 2.49. The number of carbonyl (C=O) groups excluding carboxylic acids is 1. The molecule has 0 aliphatic carbocycles. The third kappa shape index (κ3) is 3.20. The highest BCUT2D eigenvalue weighted by molar-refractivity contribution is 8.14. The molecule has 0 heterocycles. The van der Waals surface area contributed by atoms with Crippen LogP contribution in [0.2, 0.25) is 0 Å². The van der Waals surface area contributed by atoms with Crippen LogP contribution >= 0.6 is 11.8 Å². The zero-order valence-electron chi connectivity index (χ0n) is 9.97. The van der Waals surface area contributed by atoms with E-state index in [0.717, 1.165) is 5.56 Å². The van der Waals surface area contributed by atoms with E-state index in [1.54, 1.807) is 24.3 Å². The van der Waals surface area contributed by atoms with Crippen molar-refractivity contribution < 1.29 is 9.18 Å². The van der Waals surface area contributed by atoms with Gasteiger partial charge in [0.15, 0.2) is 0 Å². The average Bonchev–Trinajstić information content (AvgIpc) is 2.40. The number of rotatable bonds is 3. The Morgan fingerprint density at radius 2 is 1.67 bits per heavy atom. The van der Waals surface area contributed by atoms with Crippen molar-refractivity contribution in [3.8, 4) is 0 Å². The maximum absolute atomic E-state index is 12.8. The van der Waals surface area contributed by atoms with E-state index in [1.165, 1.54) is 23.9 Å². The number of thioether (sulfide) groups is 1. The van der Waals surface area contributed by atoms with Gasteiger partial charge in [-0.25, -0.2) is 4.39 Å². The van der Waals surface area contributed by atoms with E-state index >= 15 is 0 Å². The zero-order chi connectivity index (χ0) is 13.0. The number of halogens is 1. The standard InChI is InChI=1S/C15H13FOS/c1-11(12-7-9-14(16)10-8-12)18-15(17)13-5-3-2-4-6-13/h2-11H,1H3/t11-/m1/s1. The molecule has 1 nitrogen and oxygen atoms in total. The molecular formula is C15H13FOS. The van der Waals surface area contributed by atoms with Gasteiger partial charge in [0, 0.05) is 10.8 Å². The van der Waals surface area contributed by atoms with E-state index in [0.29, 0.717) is 5.56 Å². The molecule has 2 aromatic carbocycles. The Morgan fingerprint density at radius 3 is 2.28 bits per heavy atom.